The maximum Gasteiger partial charge on any atom is 0.341 e. The summed E-state index contributed by atoms with van der Waals surface area (Å²) in [4.78, 5) is 41.3. The van der Waals surface area contributed by atoms with Gasteiger partial charge in [0, 0.05) is 25.4 Å². The lowest BCUT2D eigenvalue weighted by atomic mass is 9.93. The van der Waals surface area contributed by atoms with Crippen LogP contribution in [0.15, 0.2) is 24.3 Å². The predicted octanol–water partition coefficient (Wildman–Crippen LogP) is 5.65. The molecule has 1 saturated heterocycles. The Bertz CT molecular complexity index is 1150. The summed E-state index contributed by atoms with van der Waals surface area (Å²) in [6.45, 7) is 11.9. The van der Waals surface area contributed by atoms with E-state index in [0.29, 0.717) is 34.4 Å². The summed E-state index contributed by atoms with van der Waals surface area (Å²) >= 11 is 1.14. The van der Waals surface area contributed by atoms with Crippen molar-refractivity contribution in [2.24, 2.45) is 11.8 Å². The quantitative estimate of drug-likeness (QED) is 0.487. The van der Waals surface area contributed by atoms with Gasteiger partial charge in [0.25, 0.3) is 5.91 Å². The van der Waals surface area contributed by atoms with Crippen molar-refractivity contribution in [3.8, 4) is 11.5 Å². The van der Waals surface area contributed by atoms with E-state index in [2.05, 4.69) is 5.32 Å². The van der Waals surface area contributed by atoms with Crippen molar-refractivity contribution >= 4 is 34.1 Å². The number of amides is 2. The number of likely N-dealkylation sites (tertiary alicyclic amines) is 1. The first-order valence-electron chi connectivity index (χ1n) is 12.8. The van der Waals surface area contributed by atoms with E-state index in [4.69, 9.17) is 14.2 Å². The molecule has 2 aliphatic rings. The van der Waals surface area contributed by atoms with Crippen LogP contribution < -0.4 is 14.8 Å². The van der Waals surface area contributed by atoms with Crippen molar-refractivity contribution in [2.75, 3.05) is 18.4 Å². The monoisotopic (exact) mass is 528 g/mol. The van der Waals surface area contributed by atoms with E-state index >= 15 is 0 Å². The molecule has 0 spiro atoms. The highest BCUT2D eigenvalue weighted by molar-refractivity contribution is 7.18. The fourth-order valence-electron chi connectivity index (χ4n) is 4.47. The van der Waals surface area contributed by atoms with Gasteiger partial charge >= 0.3 is 5.97 Å². The minimum Gasteiger partial charge on any atom is -0.456 e. The smallest absolute Gasteiger partial charge is 0.341 e. The third-order valence-electron chi connectivity index (χ3n) is 6.50. The van der Waals surface area contributed by atoms with Crippen LogP contribution >= 0.6 is 11.3 Å². The Labute approximate surface area is 222 Å². The van der Waals surface area contributed by atoms with Gasteiger partial charge in [0.1, 0.15) is 10.6 Å². The van der Waals surface area contributed by atoms with E-state index in [1.165, 1.54) is 0 Å². The normalized spacial score (nSPS) is 16.2. The minimum absolute atomic E-state index is 0.128. The van der Waals surface area contributed by atoms with Gasteiger partial charge in [-0.1, -0.05) is 26.0 Å². The number of carbonyl (C=O) groups excluding carboxylic acids is 3. The molecule has 0 bridgehead atoms. The van der Waals surface area contributed by atoms with Crippen LogP contribution in [0.25, 0.3) is 0 Å². The van der Waals surface area contributed by atoms with Crippen LogP contribution in [-0.2, 0) is 9.53 Å². The molecule has 2 aliphatic heterocycles. The molecule has 0 atom stereocenters. The number of thiophene rings is 1. The van der Waals surface area contributed by atoms with Gasteiger partial charge in [-0.25, -0.2) is 4.79 Å². The lowest BCUT2D eigenvalue weighted by Gasteiger charge is -2.32. The first-order chi connectivity index (χ1) is 17.4. The lowest BCUT2D eigenvalue weighted by Crippen LogP contribution is -2.39. The highest BCUT2D eigenvalue weighted by atomic mass is 32.1. The fraction of sp³-hybridized carbons (Fsp3) is 0.536. The Balaban J connectivity index is 1.44. The first kappa shape index (κ1) is 27.0. The summed E-state index contributed by atoms with van der Waals surface area (Å²) < 4.78 is 17.4. The average molecular weight is 529 g/mol. The van der Waals surface area contributed by atoms with Crippen LogP contribution in [0.3, 0.4) is 0 Å². The molecule has 0 aliphatic carbocycles. The van der Waals surface area contributed by atoms with Crippen molar-refractivity contribution in [3.05, 3.63) is 40.3 Å². The Morgan fingerprint density at radius 1 is 1.11 bits per heavy atom. The SMILES string of the molecule is Cc1c(C(=O)N2CCC(CC3Oc4ccccc4O3)CC2)sc(NC(=O)C(C)C)c1C(=O)OC(C)(C)C. The first-order valence-corrected chi connectivity index (χ1v) is 13.6. The number of piperidine rings is 1. The largest absolute Gasteiger partial charge is 0.456 e. The molecule has 0 saturated carbocycles. The number of fused-ring (bicyclic) bond motifs is 1. The standard InChI is InChI=1S/C28H36N2O6S/c1-16(2)24(31)29-25-22(27(33)36-28(4,5)6)17(3)23(37-25)26(32)30-13-11-18(12-14-30)15-21-34-19-9-7-8-10-20(19)35-21/h7-10,16,18,21H,11-15H2,1-6H3,(H,29,31). The van der Waals surface area contributed by atoms with Crippen molar-refractivity contribution < 1.29 is 28.6 Å². The molecule has 9 heteroatoms. The summed E-state index contributed by atoms with van der Waals surface area (Å²) in [6, 6.07) is 7.66. The number of nitrogens with zero attached hydrogens (tertiary/aromatic N) is 1. The summed E-state index contributed by atoms with van der Waals surface area (Å²) in [5, 5.41) is 3.19. The summed E-state index contributed by atoms with van der Waals surface area (Å²) in [5.74, 6) is 0.763. The van der Waals surface area contributed by atoms with Gasteiger partial charge in [-0.3, -0.25) is 9.59 Å². The second-order valence-electron chi connectivity index (χ2n) is 11.0. The third kappa shape index (κ3) is 6.26. The van der Waals surface area contributed by atoms with Gasteiger partial charge in [-0.05, 0) is 64.2 Å². The van der Waals surface area contributed by atoms with Crippen LogP contribution in [-0.4, -0.2) is 47.7 Å². The topological polar surface area (TPSA) is 94.2 Å². The van der Waals surface area contributed by atoms with E-state index in [-0.39, 0.29) is 29.6 Å². The number of anilines is 1. The number of rotatable bonds is 6. The fourth-order valence-corrected chi connectivity index (χ4v) is 5.64. The Hall–Kier alpha value is -3.07. The lowest BCUT2D eigenvalue weighted by molar-refractivity contribution is -0.118. The molecular weight excluding hydrogens is 492 g/mol. The number of carbonyl (C=O) groups is 3. The number of hydrogen-bond acceptors (Lipinski definition) is 7. The maximum atomic E-state index is 13.5. The molecule has 200 valence electrons. The molecular formula is C28H36N2O6S. The number of benzene rings is 1. The summed E-state index contributed by atoms with van der Waals surface area (Å²) in [5.41, 5.74) is 0.0866. The molecule has 0 radical (unpaired) electrons. The molecule has 8 nitrogen and oxygen atoms in total. The highest BCUT2D eigenvalue weighted by Crippen LogP contribution is 2.38. The van der Waals surface area contributed by atoms with Crippen molar-refractivity contribution in [1.82, 2.24) is 4.90 Å². The van der Waals surface area contributed by atoms with E-state index in [0.717, 1.165) is 42.1 Å². The van der Waals surface area contributed by atoms with E-state index in [1.54, 1.807) is 41.5 Å². The van der Waals surface area contributed by atoms with E-state index in [9.17, 15) is 14.4 Å². The van der Waals surface area contributed by atoms with Gasteiger partial charge in [0.05, 0.1) is 10.4 Å². The van der Waals surface area contributed by atoms with Gasteiger partial charge in [0.15, 0.2) is 11.5 Å². The zero-order valence-electron chi connectivity index (χ0n) is 22.4. The number of ether oxygens (including phenoxy) is 3. The van der Waals surface area contributed by atoms with Gasteiger partial charge in [-0.2, -0.15) is 0 Å². The van der Waals surface area contributed by atoms with Crippen LogP contribution in [0.2, 0.25) is 0 Å². The molecule has 37 heavy (non-hydrogen) atoms. The highest BCUT2D eigenvalue weighted by Gasteiger charge is 2.34. The number of hydrogen-bond donors (Lipinski definition) is 1. The second-order valence-corrected chi connectivity index (χ2v) is 12.0. The molecule has 0 unspecified atom stereocenters. The summed E-state index contributed by atoms with van der Waals surface area (Å²) in [7, 11) is 0. The second kappa shape index (κ2) is 10.7. The number of esters is 1. The average Bonchev–Trinajstić information content (AvgIpc) is 3.37. The zero-order valence-corrected chi connectivity index (χ0v) is 23.2. The molecule has 2 amide bonds. The van der Waals surface area contributed by atoms with E-state index < -0.39 is 11.6 Å². The molecule has 1 aromatic carbocycles. The molecule has 1 N–H and O–H groups in total. The molecule has 1 aromatic heterocycles. The minimum atomic E-state index is -0.703. The van der Waals surface area contributed by atoms with Gasteiger partial charge < -0.3 is 24.4 Å². The zero-order chi connectivity index (χ0) is 26.9. The van der Waals surface area contributed by atoms with Crippen LogP contribution in [0.1, 0.15) is 79.5 Å². The van der Waals surface area contributed by atoms with Crippen LogP contribution in [0, 0.1) is 18.8 Å². The van der Waals surface area contributed by atoms with Crippen molar-refractivity contribution in [3.63, 3.8) is 0 Å². The van der Waals surface area contributed by atoms with Crippen molar-refractivity contribution in [2.45, 2.75) is 72.7 Å². The number of nitrogens with one attached hydrogen (secondary N) is 1. The summed E-state index contributed by atoms with van der Waals surface area (Å²) in [6.07, 6.45) is 2.15. The molecule has 4 rings (SSSR count). The Morgan fingerprint density at radius 2 is 1.70 bits per heavy atom. The van der Waals surface area contributed by atoms with Gasteiger partial charge in [-0.15, -0.1) is 11.3 Å². The van der Waals surface area contributed by atoms with Crippen molar-refractivity contribution in [1.29, 1.82) is 0 Å². The molecule has 1 fully saturated rings. The maximum absolute atomic E-state index is 13.5. The van der Waals surface area contributed by atoms with Crippen LogP contribution in [0.5, 0.6) is 11.5 Å². The predicted molar refractivity (Wildman–Crippen MR) is 142 cm³/mol. The van der Waals surface area contributed by atoms with Crippen LogP contribution in [0.4, 0.5) is 5.00 Å². The molecule has 3 heterocycles. The Morgan fingerprint density at radius 3 is 2.24 bits per heavy atom. The third-order valence-corrected chi connectivity index (χ3v) is 7.69. The Kier molecular flexibility index (Phi) is 7.83. The van der Waals surface area contributed by atoms with Gasteiger partial charge in [0.2, 0.25) is 12.2 Å². The number of para-hydroxylation sites is 2. The van der Waals surface area contributed by atoms with E-state index in [1.807, 2.05) is 29.2 Å². The molecule has 2 aromatic rings.